The molecule has 0 aliphatic rings. The molecular weight excluding hydrogens is 336 g/mol. The van der Waals surface area contributed by atoms with E-state index in [1.807, 2.05) is 6.92 Å². The molecule has 2 aromatic rings. The molecule has 0 bridgehead atoms. The van der Waals surface area contributed by atoms with Crippen molar-refractivity contribution in [1.82, 2.24) is 20.3 Å². The first-order valence-electron chi connectivity index (χ1n) is 8.35. The average Bonchev–Trinajstić information content (AvgIpc) is 2.62. The molecular formula is C18H22N4O4. The second-order valence-electron chi connectivity index (χ2n) is 6.17. The van der Waals surface area contributed by atoms with Crippen LogP contribution in [0, 0.1) is 12.8 Å². The number of carbonyl (C=O) groups is 2. The van der Waals surface area contributed by atoms with Crippen LogP contribution in [0.25, 0.3) is 11.4 Å². The van der Waals surface area contributed by atoms with Gasteiger partial charge in [0, 0.05) is 29.2 Å². The van der Waals surface area contributed by atoms with Crippen molar-refractivity contribution in [2.75, 3.05) is 0 Å². The van der Waals surface area contributed by atoms with Crippen molar-refractivity contribution >= 4 is 11.9 Å². The van der Waals surface area contributed by atoms with Crippen molar-refractivity contribution in [3.63, 3.8) is 0 Å². The fourth-order valence-corrected chi connectivity index (χ4v) is 2.53. The number of aryl methyl sites for hydroxylation is 1. The Labute approximate surface area is 150 Å². The van der Waals surface area contributed by atoms with Crippen LogP contribution in [0.5, 0.6) is 0 Å². The molecule has 26 heavy (non-hydrogen) atoms. The van der Waals surface area contributed by atoms with Crippen molar-refractivity contribution in [3.05, 3.63) is 46.1 Å². The molecule has 0 saturated heterocycles. The molecule has 2 unspecified atom stereocenters. The number of aliphatic carboxylic acids is 1. The van der Waals surface area contributed by atoms with Crippen LogP contribution in [0.2, 0.25) is 0 Å². The lowest BCUT2D eigenvalue weighted by Crippen LogP contribution is -2.46. The van der Waals surface area contributed by atoms with Crippen LogP contribution in [0.4, 0.5) is 0 Å². The summed E-state index contributed by atoms with van der Waals surface area (Å²) in [4.78, 5) is 46.9. The Morgan fingerprint density at radius 2 is 2.12 bits per heavy atom. The van der Waals surface area contributed by atoms with E-state index in [4.69, 9.17) is 0 Å². The minimum atomic E-state index is -1.09. The van der Waals surface area contributed by atoms with Gasteiger partial charge in [-0.3, -0.25) is 14.6 Å². The summed E-state index contributed by atoms with van der Waals surface area (Å²) in [6.45, 7) is 5.24. The summed E-state index contributed by atoms with van der Waals surface area (Å²) in [7, 11) is 0. The van der Waals surface area contributed by atoms with Gasteiger partial charge in [-0.25, -0.2) is 9.78 Å². The number of hydrogen-bond donors (Lipinski definition) is 3. The zero-order valence-corrected chi connectivity index (χ0v) is 14.9. The van der Waals surface area contributed by atoms with Crippen molar-refractivity contribution in [2.24, 2.45) is 5.92 Å². The maximum absolute atomic E-state index is 12.4. The molecule has 0 aliphatic carbocycles. The van der Waals surface area contributed by atoms with Crippen LogP contribution in [0.15, 0.2) is 29.3 Å². The van der Waals surface area contributed by atoms with Gasteiger partial charge in [-0.15, -0.1) is 0 Å². The third-order valence-electron chi connectivity index (χ3n) is 4.29. The van der Waals surface area contributed by atoms with Crippen molar-refractivity contribution in [2.45, 2.75) is 39.7 Å². The smallest absolute Gasteiger partial charge is 0.326 e. The molecule has 1 amide bonds. The molecule has 0 spiro atoms. The lowest BCUT2D eigenvalue weighted by Gasteiger charge is -2.20. The number of amides is 1. The summed E-state index contributed by atoms with van der Waals surface area (Å²) in [5, 5.41) is 11.7. The molecule has 0 aliphatic heterocycles. The Morgan fingerprint density at radius 1 is 1.38 bits per heavy atom. The minimum absolute atomic E-state index is 0.212. The number of H-pyrrole nitrogens is 1. The van der Waals surface area contributed by atoms with Gasteiger partial charge in [0.1, 0.15) is 11.9 Å². The van der Waals surface area contributed by atoms with Gasteiger partial charge in [-0.05, 0) is 25.0 Å². The molecule has 0 saturated carbocycles. The van der Waals surface area contributed by atoms with E-state index in [0.29, 0.717) is 23.5 Å². The Balaban J connectivity index is 2.20. The third kappa shape index (κ3) is 4.53. The number of hydrogen-bond acceptors (Lipinski definition) is 5. The number of aromatic nitrogens is 3. The zero-order chi connectivity index (χ0) is 19.3. The van der Waals surface area contributed by atoms with E-state index >= 15 is 0 Å². The summed E-state index contributed by atoms with van der Waals surface area (Å²) in [6, 6.07) is 2.50. The highest BCUT2D eigenvalue weighted by molar-refractivity contribution is 5.85. The van der Waals surface area contributed by atoms with Crippen LogP contribution >= 0.6 is 0 Å². The second kappa shape index (κ2) is 8.37. The molecule has 2 rings (SSSR count). The first kappa shape index (κ1) is 19.3. The third-order valence-corrected chi connectivity index (χ3v) is 4.29. The predicted molar refractivity (Wildman–Crippen MR) is 95.6 cm³/mol. The van der Waals surface area contributed by atoms with Crippen LogP contribution in [-0.4, -0.2) is 38.0 Å². The quantitative estimate of drug-likeness (QED) is 0.685. The van der Waals surface area contributed by atoms with Crippen molar-refractivity contribution in [1.29, 1.82) is 0 Å². The Kier molecular flexibility index (Phi) is 6.21. The van der Waals surface area contributed by atoms with Gasteiger partial charge < -0.3 is 15.4 Å². The molecule has 3 N–H and O–H groups in total. The lowest BCUT2D eigenvalue weighted by molar-refractivity contribution is -0.143. The minimum Gasteiger partial charge on any atom is -0.480 e. The second-order valence-corrected chi connectivity index (χ2v) is 6.17. The highest BCUT2D eigenvalue weighted by Crippen LogP contribution is 2.13. The summed E-state index contributed by atoms with van der Waals surface area (Å²) >= 11 is 0. The van der Waals surface area contributed by atoms with E-state index in [-0.39, 0.29) is 17.9 Å². The average molecular weight is 358 g/mol. The summed E-state index contributed by atoms with van der Waals surface area (Å²) in [5.74, 6) is -1.47. The Bertz CT molecular complexity index is 848. The molecule has 2 heterocycles. The summed E-state index contributed by atoms with van der Waals surface area (Å²) < 4.78 is 0. The maximum Gasteiger partial charge on any atom is 0.326 e. The topological polar surface area (TPSA) is 125 Å². The van der Waals surface area contributed by atoms with Gasteiger partial charge >= 0.3 is 5.97 Å². The number of nitrogens with zero attached hydrogens (tertiary/aromatic N) is 2. The Morgan fingerprint density at radius 3 is 2.65 bits per heavy atom. The molecule has 8 heteroatoms. The first-order chi connectivity index (χ1) is 12.3. The van der Waals surface area contributed by atoms with Gasteiger partial charge in [-0.1, -0.05) is 20.3 Å². The van der Waals surface area contributed by atoms with E-state index in [1.54, 1.807) is 38.4 Å². The summed E-state index contributed by atoms with van der Waals surface area (Å²) in [6.07, 6.45) is 3.57. The fraction of sp³-hybridized carbons (Fsp3) is 0.389. The highest BCUT2D eigenvalue weighted by atomic mass is 16.4. The van der Waals surface area contributed by atoms with Crippen molar-refractivity contribution < 1.29 is 14.7 Å². The normalized spacial score (nSPS) is 13.0. The van der Waals surface area contributed by atoms with Gasteiger partial charge in [0.2, 0.25) is 5.91 Å². The van der Waals surface area contributed by atoms with E-state index in [0.717, 1.165) is 0 Å². The number of rotatable bonds is 7. The number of carboxylic acids is 1. The van der Waals surface area contributed by atoms with Gasteiger partial charge in [-0.2, -0.15) is 0 Å². The zero-order valence-electron chi connectivity index (χ0n) is 14.9. The Hall–Kier alpha value is -3.03. The van der Waals surface area contributed by atoms with Crippen LogP contribution < -0.4 is 10.9 Å². The first-order valence-corrected chi connectivity index (χ1v) is 8.35. The maximum atomic E-state index is 12.4. The monoisotopic (exact) mass is 358 g/mol. The van der Waals surface area contributed by atoms with Gasteiger partial charge in [0.15, 0.2) is 0 Å². The standard InChI is InChI=1S/C18H22N4O4/c1-4-10(2)15(18(25)26)21-14(23)8-13-11(3)20-16(22-17(13)24)12-6-5-7-19-9-12/h5-7,9-10,15H,4,8H2,1-3H3,(H,21,23)(H,25,26)(H,20,22,24). The van der Waals surface area contributed by atoms with Crippen LogP contribution in [0.3, 0.4) is 0 Å². The van der Waals surface area contributed by atoms with Gasteiger partial charge in [0.25, 0.3) is 5.56 Å². The molecule has 138 valence electrons. The summed E-state index contributed by atoms with van der Waals surface area (Å²) in [5.41, 5.74) is 0.856. The number of aromatic amines is 1. The van der Waals surface area contributed by atoms with E-state index in [1.165, 1.54) is 0 Å². The van der Waals surface area contributed by atoms with Crippen molar-refractivity contribution in [3.8, 4) is 11.4 Å². The molecule has 8 nitrogen and oxygen atoms in total. The number of carbonyl (C=O) groups excluding carboxylic acids is 1. The SMILES string of the molecule is CCC(C)C(NC(=O)Cc1c(C)nc(-c2cccnc2)[nH]c1=O)C(=O)O. The number of pyridine rings is 1. The predicted octanol–water partition coefficient (Wildman–Crippen LogP) is 1.30. The molecule has 0 fully saturated rings. The number of nitrogens with one attached hydrogen (secondary N) is 2. The fourth-order valence-electron chi connectivity index (χ4n) is 2.53. The van der Waals surface area contributed by atoms with E-state index in [2.05, 4.69) is 20.3 Å². The van der Waals surface area contributed by atoms with Gasteiger partial charge in [0.05, 0.1) is 6.42 Å². The lowest BCUT2D eigenvalue weighted by atomic mass is 9.99. The molecule has 2 atom stereocenters. The number of carboxylic acid groups (broad SMARTS) is 1. The molecule has 2 aromatic heterocycles. The van der Waals surface area contributed by atoms with Crippen LogP contribution in [-0.2, 0) is 16.0 Å². The largest absolute Gasteiger partial charge is 0.480 e. The highest BCUT2D eigenvalue weighted by Gasteiger charge is 2.26. The van der Waals surface area contributed by atoms with E-state index < -0.39 is 23.5 Å². The van der Waals surface area contributed by atoms with Crippen LogP contribution in [0.1, 0.15) is 31.5 Å². The molecule has 0 aromatic carbocycles. The van der Waals surface area contributed by atoms with E-state index in [9.17, 15) is 19.5 Å². The molecule has 0 radical (unpaired) electrons.